The molecule has 1 fully saturated rings. The fourth-order valence-corrected chi connectivity index (χ4v) is 7.86. The number of nitrogens with two attached hydrogens (primary N) is 1. The number of carbonyl (C=O) groups excluding carboxylic acids is 2. The quantitative estimate of drug-likeness (QED) is 0.130. The molecule has 0 aromatic heterocycles. The molecule has 1 aliphatic heterocycles. The van der Waals surface area contributed by atoms with E-state index >= 15 is 0 Å². The normalized spacial score (nSPS) is 14.7. The molecule has 0 radical (unpaired) electrons. The lowest BCUT2D eigenvalue weighted by molar-refractivity contribution is -0.136. The van der Waals surface area contributed by atoms with Crippen LogP contribution in [0.2, 0.25) is 10.0 Å². The third kappa shape index (κ3) is 9.77. The molecule has 0 bridgehead atoms. The van der Waals surface area contributed by atoms with Gasteiger partial charge in [-0.3, -0.25) is 9.59 Å². The molecule has 3 aromatic carbocycles. The number of rotatable bonds is 14. The molecule has 0 saturated carbocycles. The monoisotopic (exact) mass is 700 g/mol. The molecule has 47 heavy (non-hydrogen) atoms. The predicted octanol–water partition coefficient (Wildman–Crippen LogP) is 4.36. The van der Waals surface area contributed by atoms with Crippen LogP contribution in [0, 0.1) is 12.8 Å². The van der Waals surface area contributed by atoms with E-state index in [-0.39, 0.29) is 35.0 Å². The van der Waals surface area contributed by atoms with Gasteiger partial charge in [-0.1, -0.05) is 77.8 Å². The zero-order valence-corrected chi connectivity index (χ0v) is 29.0. The highest BCUT2D eigenvalue weighted by Crippen LogP contribution is 2.32. The molecule has 1 heterocycles. The molecule has 0 aliphatic carbocycles. The average molecular weight is 702 g/mol. The Balaban J connectivity index is 1.50. The van der Waals surface area contributed by atoms with Crippen molar-refractivity contribution >= 4 is 51.3 Å². The number of sulfonamides is 1. The van der Waals surface area contributed by atoms with E-state index in [4.69, 9.17) is 29.0 Å². The minimum atomic E-state index is -4.20. The van der Waals surface area contributed by atoms with E-state index in [1.807, 2.05) is 61.5 Å². The van der Waals surface area contributed by atoms with Crippen molar-refractivity contribution in [2.45, 2.75) is 50.6 Å². The van der Waals surface area contributed by atoms with Crippen molar-refractivity contribution in [3.8, 4) is 0 Å². The van der Waals surface area contributed by atoms with Gasteiger partial charge in [0, 0.05) is 24.2 Å². The van der Waals surface area contributed by atoms with E-state index in [1.165, 1.54) is 12.1 Å². The third-order valence-electron chi connectivity index (χ3n) is 8.59. The van der Waals surface area contributed by atoms with Crippen LogP contribution in [-0.2, 0) is 32.6 Å². The second-order valence-electron chi connectivity index (χ2n) is 11.7. The molecule has 13 heteroatoms. The van der Waals surface area contributed by atoms with Gasteiger partial charge in [-0.05, 0) is 86.5 Å². The number of halogens is 2. The molecular weight excluding hydrogens is 659 g/mol. The van der Waals surface area contributed by atoms with E-state index < -0.39 is 22.5 Å². The highest BCUT2D eigenvalue weighted by atomic mass is 35.5. The molecule has 1 unspecified atom stereocenters. The second kappa shape index (κ2) is 17.1. The van der Waals surface area contributed by atoms with E-state index in [0.717, 1.165) is 46.9 Å². The van der Waals surface area contributed by atoms with Crippen molar-refractivity contribution in [3.05, 3.63) is 99.0 Å². The van der Waals surface area contributed by atoms with Crippen LogP contribution >= 0.6 is 23.2 Å². The maximum absolute atomic E-state index is 13.9. The van der Waals surface area contributed by atoms with Crippen LogP contribution in [0.4, 0.5) is 0 Å². The van der Waals surface area contributed by atoms with Crippen LogP contribution in [-0.4, -0.2) is 74.4 Å². The summed E-state index contributed by atoms with van der Waals surface area (Å²) in [5.74, 6) is 4.71. The SMILES string of the molecule is Cc1c(Cl)ccc(S(=O)(=O)N(CCc2ccccc2)CC(=O)NCC(=O)N(Cc2ccc(C=NN)cc2)C(C)C2CCNCC2)c1Cl. The molecule has 2 amide bonds. The van der Waals surface area contributed by atoms with Crippen LogP contribution in [0.25, 0.3) is 0 Å². The Morgan fingerprint density at radius 3 is 2.38 bits per heavy atom. The fraction of sp³-hybridized carbons (Fsp3) is 0.382. The van der Waals surface area contributed by atoms with Gasteiger partial charge in [0.1, 0.15) is 4.90 Å². The van der Waals surface area contributed by atoms with Crippen molar-refractivity contribution in [2.24, 2.45) is 16.9 Å². The number of carbonyl (C=O) groups is 2. The smallest absolute Gasteiger partial charge is 0.245 e. The number of nitrogens with one attached hydrogen (secondary N) is 2. The topological polar surface area (TPSA) is 137 Å². The number of benzene rings is 3. The van der Waals surface area contributed by atoms with Crippen LogP contribution in [0.5, 0.6) is 0 Å². The number of piperidine rings is 1. The summed E-state index contributed by atoms with van der Waals surface area (Å²) in [7, 11) is -4.20. The highest BCUT2D eigenvalue weighted by Gasteiger charge is 2.31. The van der Waals surface area contributed by atoms with Crippen LogP contribution < -0.4 is 16.5 Å². The Hall–Kier alpha value is -3.48. The van der Waals surface area contributed by atoms with Crippen LogP contribution in [0.3, 0.4) is 0 Å². The molecule has 1 saturated heterocycles. The Morgan fingerprint density at radius 2 is 1.72 bits per heavy atom. The average Bonchev–Trinajstić information content (AvgIpc) is 3.08. The Kier molecular flexibility index (Phi) is 13.2. The molecule has 252 valence electrons. The van der Waals surface area contributed by atoms with Crippen molar-refractivity contribution in [1.82, 2.24) is 19.8 Å². The van der Waals surface area contributed by atoms with E-state index in [1.54, 1.807) is 18.0 Å². The van der Waals surface area contributed by atoms with Crippen molar-refractivity contribution in [1.29, 1.82) is 0 Å². The first-order valence-corrected chi connectivity index (χ1v) is 17.8. The summed E-state index contributed by atoms with van der Waals surface area (Å²) >= 11 is 12.6. The maximum atomic E-state index is 13.9. The van der Waals surface area contributed by atoms with Crippen molar-refractivity contribution in [3.63, 3.8) is 0 Å². The largest absolute Gasteiger partial charge is 0.346 e. The predicted molar refractivity (Wildman–Crippen MR) is 187 cm³/mol. The summed E-state index contributed by atoms with van der Waals surface area (Å²) in [4.78, 5) is 28.7. The summed E-state index contributed by atoms with van der Waals surface area (Å²) < 4.78 is 28.8. The van der Waals surface area contributed by atoms with E-state index in [9.17, 15) is 18.0 Å². The zero-order valence-electron chi connectivity index (χ0n) is 26.7. The standard InChI is InChI=1S/C34H42Cl2N6O4S/c1-24-30(35)12-13-31(34(24)36)47(45,46)41(19-16-26-6-4-3-5-7-26)23-32(43)39-21-33(44)42(25(2)29-14-17-38-18-15-29)22-28-10-8-27(9-11-28)20-40-37/h3-13,20,25,29,38H,14-19,21-23,37H2,1-2H3,(H,39,43). The molecule has 1 atom stereocenters. The van der Waals surface area contributed by atoms with Crippen molar-refractivity contribution in [2.75, 3.05) is 32.7 Å². The van der Waals surface area contributed by atoms with Gasteiger partial charge < -0.3 is 21.4 Å². The number of nitrogens with zero attached hydrogens (tertiary/aromatic N) is 3. The molecule has 0 spiro atoms. The maximum Gasteiger partial charge on any atom is 0.245 e. The summed E-state index contributed by atoms with van der Waals surface area (Å²) in [5.41, 5.74) is 3.10. The third-order valence-corrected chi connectivity index (χ3v) is 11.5. The van der Waals surface area contributed by atoms with Crippen LogP contribution in [0.1, 0.15) is 42.0 Å². The summed E-state index contributed by atoms with van der Waals surface area (Å²) in [5, 5.41) is 9.95. The number of hydrazone groups is 1. The number of hydrogen-bond donors (Lipinski definition) is 3. The second-order valence-corrected chi connectivity index (χ2v) is 14.4. The highest BCUT2D eigenvalue weighted by molar-refractivity contribution is 7.89. The first kappa shape index (κ1) is 36.4. The van der Waals surface area contributed by atoms with E-state index in [2.05, 4.69) is 15.7 Å². The molecule has 10 nitrogen and oxygen atoms in total. The minimum absolute atomic E-state index is 0.00341. The molecular formula is C34H42Cl2N6O4S. The molecule has 4 N–H and O–H groups in total. The van der Waals surface area contributed by atoms with Gasteiger partial charge in [-0.15, -0.1) is 0 Å². The van der Waals surface area contributed by atoms with Gasteiger partial charge in [0.05, 0.1) is 24.3 Å². The van der Waals surface area contributed by atoms with Crippen molar-refractivity contribution < 1.29 is 18.0 Å². The molecule has 4 rings (SSSR count). The van der Waals surface area contributed by atoms with Gasteiger partial charge in [0.15, 0.2) is 0 Å². The Labute approximate surface area is 287 Å². The Morgan fingerprint density at radius 1 is 1.04 bits per heavy atom. The first-order chi connectivity index (χ1) is 22.5. The summed E-state index contributed by atoms with van der Waals surface area (Å²) in [6.07, 6.45) is 3.79. The van der Waals surface area contributed by atoms with Gasteiger partial charge in [0.25, 0.3) is 0 Å². The lowest BCUT2D eigenvalue weighted by atomic mass is 9.90. The molecule has 1 aliphatic rings. The number of amides is 2. The number of hydrogen-bond acceptors (Lipinski definition) is 7. The summed E-state index contributed by atoms with van der Waals surface area (Å²) in [6.45, 7) is 5.04. The zero-order chi connectivity index (χ0) is 34.0. The lowest BCUT2D eigenvalue weighted by Gasteiger charge is -2.37. The van der Waals surface area contributed by atoms with Gasteiger partial charge in [-0.25, -0.2) is 8.42 Å². The Bertz CT molecular complexity index is 1650. The van der Waals surface area contributed by atoms with E-state index in [0.29, 0.717) is 29.5 Å². The lowest BCUT2D eigenvalue weighted by Crippen LogP contribution is -2.50. The van der Waals surface area contributed by atoms with Crippen LogP contribution in [0.15, 0.2) is 76.7 Å². The fourth-order valence-electron chi connectivity index (χ4n) is 5.68. The molecule has 3 aromatic rings. The van der Waals surface area contributed by atoms with Gasteiger partial charge in [0.2, 0.25) is 21.8 Å². The van der Waals surface area contributed by atoms with Gasteiger partial charge in [-0.2, -0.15) is 9.41 Å². The minimum Gasteiger partial charge on any atom is -0.346 e. The van der Waals surface area contributed by atoms with Gasteiger partial charge >= 0.3 is 0 Å². The first-order valence-electron chi connectivity index (χ1n) is 15.6. The summed E-state index contributed by atoms with van der Waals surface area (Å²) in [6, 6.07) is 19.7.